The van der Waals surface area contributed by atoms with Crippen LogP contribution >= 0.6 is 12.4 Å². The van der Waals surface area contributed by atoms with Crippen molar-refractivity contribution in [1.82, 2.24) is 14.1 Å². The van der Waals surface area contributed by atoms with Gasteiger partial charge in [-0.05, 0) is 12.8 Å². The Balaban J connectivity index is 0.00000364. The molecule has 1 atom stereocenters. The van der Waals surface area contributed by atoms with Crippen molar-refractivity contribution in [3.63, 3.8) is 0 Å². The van der Waals surface area contributed by atoms with Gasteiger partial charge in [-0.1, -0.05) is 12.8 Å². The van der Waals surface area contributed by atoms with Crippen LogP contribution in [0.5, 0.6) is 0 Å². The Bertz CT molecular complexity index is 595. The van der Waals surface area contributed by atoms with Crippen molar-refractivity contribution in [2.24, 2.45) is 0 Å². The smallest absolute Gasteiger partial charge is 0.318 e. The topological polar surface area (TPSA) is 107 Å². The Morgan fingerprint density at radius 1 is 1.15 bits per heavy atom. The highest BCUT2D eigenvalue weighted by molar-refractivity contribution is 7.88. The summed E-state index contributed by atoms with van der Waals surface area (Å²) in [6.07, 6.45) is 4.93. The molecule has 2 heterocycles. The van der Waals surface area contributed by atoms with E-state index in [1.54, 1.807) is 0 Å². The number of ether oxygens (including phenoxy) is 1. The third kappa shape index (κ3) is 8.30. The van der Waals surface area contributed by atoms with Crippen molar-refractivity contribution >= 4 is 34.3 Å². The van der Waals surface area contributed by atoms with Gasteiger partial charge in [-0.2, -0.15) is 4.31 Å². The Labute approximate surface area is 167 Å². The van der Waals surface area contributed by atoms with E-state index in [2.05, 4.69) is 0 Å². The van der Waals surface area contributed by atoms with Crippen LogP contribution in [0, 0.1) is 0 Å². The first-order valence-electron chi connectivity index (χ1n) is 9.04. The van der Waals surface area contributed by atoms with Crippen LogP contribution in [0.3, 0.4) is 0 Å². The molecule has 0 bridgehead atoms. The molecule has 0 radical (unpaired) electrons. The number of carboxylic acids is 1. The molecule has 27 heavy (non-hydrogen) atoms. The summed E-state index contributed by atoms with van der Waals surface area (Å²) in [5.41, 5.74) is 0. The quantitative estimate of drug-likeness (QED) is 0.602. The van der Waals surface area contributed by atoms with Gasteiger partial charge in [0.1, 0.15) is 6.54 Å². The predicted octanol–water partition coefficient (Wildman–Crippen LogP) is -0.142. The maximum atomic E-state index is 12.5. The van der Waals surface area contributed by atoms with Crippen LogP contribution < -0.4 is 0 Å². The van der Waals surface area contributed by atoms with E-state index in [1.165, 1.54) is 0 Å². The zero-order valence-corrected chi connectivity index (χ0v) is 17.3. The Morgan fingerprint density at radius 3 is 2.33 bits per heavy atom. The predicted molar refractivity (Wildman–Crippen MR) is 103 cm³/mol. The van der Waals surface area contributed by atoms with E-state index in [4.69, 9.17) is 9.84 Å². The molecule has 1 unspecified atom stereocenters. The van der Waals surface area contributed by atoms with E-state index in [0.717, 1.165) is 49.3 Å². The highest BCUT2D eigenvalue weighted by Crippen LogP contribution is 2.13. The van der Waals surface area contributed by atoms with Crippen molar-refractivity contribution in [3.8, 4) is 0 Å². The second kappa shape index (κ2) is 11.2. The average molecular weight is 428 g/mol. The third-order valence-electron chi connectivity index (χ3n) is 4.73. The van der Waals surface area contributed by atoms with E-state index < -0.39 is 28.6 Å². The molecule has 2 saturated heterocycles. The highest BCUT2D eigenvalue weighted by atomic mass is 35.5. The van der Waals surface area contributed by atoms with Crippen LogP contribution in [0.4, 0.5) is 0 Å². The van der Waals surface area contributed by atoms with Crippen LogP contribution in [0.25, 0.3) is 0 Å². The van der Waals surface area contributed by atoms with Gasteiger partial charge >= 0.3 is 5.97 Å². The fraction of sp³-hybridized carbons (Fsp3) is 0.875. The number of rotatable bonds is 7. The van der Waals surface area contributed by atoms with Gasteiger partial charge < -0.3 is 14.7 Å². The summed E-state index contributed by atoms with van der Waals surface area (Å²) in [5.74, 6) is -1.11. The summed E-state index contributed by atoms with van der Waals surface area (Å²) in [6.45, 7) is 2.67. The van der Waals surface area contributed by atoms with Gasteiger partial charge in [0, 0.05) is 32.7 Å². The zero-order valence-electron chi connectivity index (χ0n) is 15.7. The second-order valence-electron chi connectivity index (χ2n) is 6.97. The second-order valence-corrected chi connectivity index (χ2v) is 8.95. The molecular formula is C16H30ClN3O6S. The molecule has 11 heteroatoms. The molecular weight excluding hydrogens is 398 g/mol. The molecule has 1 N–H and O–H groups in total. The van der Waals surface area contributed by atoms with Gasteiger partial charge in [0.2, 0.25) is 15.9 Å². The Hall–Kier alpha value is -0.940. The van der Waals surface area contributed by atoms with E-state index >= 15 is 0 Å². The van der Waals surface area contributed by atoms with E-state index in [-0.39, 0.29) is 31.4 Å². The minimum absolute atomic E-state index is 0. The maximum absolute atomic E-state index is 12.5. The lowest BCUT2D eigenvalue weighted by molar-refractivity contribution is -0.137. The van der Waals surface area contributed by atoms with Gasteiger partial charge in [-0.25, -0.2) is 8.42 Å². The van der Waals surface area contributed by atoms with Gasteiger partial charge in [0.15, 0.2) is 0 Å². The first-order chi connectivity index (χ1) is 12.3. The van der Waals surface area contributed by atoms with Crippen molar-refractivity contribution in [2.45, 2.75) is 31.8 Å². The summed E-state index contributed by atoms with van der Waals surface area (Å²) in [6, 6.07) is 0. The first-order valence-corrected chi connectivity index (χ1v) is 10.9. The van der Waals surface area contributed by atoms with Gasteiger partial charge in [-0.3, -0.25) is 14.5 Å². The summed E-state index contributed by atoms with van der Waals surface area (Å²) >= 11 is 0. The molecule has 158 valence electrons. The van der Waals surface area contributed by atoms with E-state index in [1.807, 2.05) is 9.80 Å². The van der Waals surface area contributed by atoms with E-state index in [9.17, 15) is 18.0 Å². The number of nitrogens with zero attached hydrogens (tertiary/aromatic N) is 3. The number of hydrogen-bond donors (Lipinski definition) is 1. The van der Waals surface area contributed by atoms with Gasteiger partial charge in [0.25, 0.3) is 0 Å². The molecule has 0 aromatic heterocycles. The largest absolute Gasteiger partial charge is 0.480 e. The Kier molecular flexibility index (Phi) is 9.96. The van der Waals surface area contributed by atoms with E-state index in [0.29, 0.717) is 19.7 Å². The fourth-order valence-electron chi connectivity index (χ4n) is 3.34. The number of halogens is 1. The number of hydrogen-bond acceptors (Lipinski definition) is 6. The lowest BCUT2D eigenvalue weighted by Gasteiger charge is -2.35. The monoisotopic (exact) mass is 427 g/mol. The van der Waals surface area contributed by atoms with Crippen LogP contribution in [-0.2, 0) is 24.3 Å². The zero-order chi connectivity index (χ0) is 19.2. The maximum Gasteiger partial charge on any atom is 0.318 e. The summed E-state index contributed by atoms with van der Waals surface area (Å²) in [4.78, 5) is 27.3. The van der Waals surface area contributed by atoms with Crippen molar-refractivity contribution in [1.29, 1.82) is 0 Å². The highest BCUT2D eigenvalue weighted by Gasteiger charge is 2.29. The lowest BCUT2D eigenvalue weighted by Crippen LogP contribution is -2.52. The Morgan fingerprint density at radius 2 is 1.78 bits per heavy atom. The normalized spacial score (nSPS) is 22.1. The molecule has 2 aliphatic heterocycles. The van der Waals surface area contributed by atoms with Crippen molar-refractivity contribution in [2.75, 3.05) is 58.7 Å². The molecule has 0 spiro atoms. The molecule has 0 aromatic rings. The molecule has 2 aliphatic rings. The minimum Gasteiger partial charge on any atom is -0.480 e. The molecule has 0 aliphatic carbocycles. The number of likely N-dealkylation sites (tertiary alicyclic amines) is 1. The third-order valence-corrected chi connectivity index (χ3v) is 5.94. The number of morpholine rings is 1. The van der Waals surface area contributed by atoms with Crippen molar-refractivity contribution in [3.05, 3.63) is 0 Å². The first kappa shape index (κ1) is 24.1. The van der Waals surface area contributed by atoms with Crippen LogP contribution in [0.2, 0.25) is 0 Å². The summed E-state index contributed by atoms with van der Waals surface area (Å²) in [5, 5.41) is 8.91. The molecule has 9 nitrogen and oxygen atoms in total. The van der Waals surface area contributed by atoms with Crippen molar-refractivity contribution < 1.29 is 27.9 Å². The van der Waals surface area contributed by atoms with Crippen LogP contribution in [0.1, 0.15) is 25.7 Å². The molecule has 2 fully saturated rings. The van der Waals surface area contributed by atoms with Crippen LogP contribution in [0.15, 0.2) is 0 Å². The number of sulfonamides is 1. The number of aliphatic carboxylic acids is 1. The lowest BCUT2D eigenvalue weighted by atomic mass is 10.2. The standard InChI is InChI=1S/C16H29N3O6S.ClH/c1-26(23,24)19(13-16(21)22)11-14-10-17(8-9-25-14)12-15(20)18-6-4-2-3-5-7-18;/h14H,2-13H2,1H3,(H,21,22);1H. The summed E-state index contributed by atoms with van der Waals surface area (Å²) in [7, 11) is -3.64. The number of carbonyl (C=O) groups excluding carboxylic acids is 1. The number of carbonyl (C=O) groups is 2. The van der Waals surface area contributed by atoms with Gasteiger partial charge in [0.05, 0.1) is 25.5 Å². The van der Waals surface area contributed by atoms with Gasteiger partial charge in [-0.15, -0.1) is 12.4 Å². The van der Waals surface area contributed by atoms with Crippen LogP contribution in [-0.4, -0.2) is 104 Å². The fourth-order valence-corrected chi connectivity index (χ4v) is 4.12. The molecule has 1 amide bonds. The molecule has 0 aromatic carbocycles. The SMILES string of the molecule is CS(=O)(=O)N(CC(=O)O)CC1CN(CC(=O)N2CCCCCC2)CCO1.Cl. The number of amides is 1. The summed E-state index contributed by atoms with van der Waals surface area (Å²) < 4.78 is 30.0. The number of carboxylic acid groups (broad SMARTS) is 1. The average Bonchev–Trinajstić information content (AvgIpc) is 2.82. The molecule has 0 saturated carbocycles. The molecule has 2 rings (SSSR count). The minimum atomic E-state index is -3.64.